The van der Waals surface area contributed by atoms with Gasteiger partial charge in [-0.15, -0.1) is 0 Å². The Hall–Kier alpha value is -2.33. The molecule has 2 aromatic rings. The highest BCUT2D eigenvalue weighted by atomic mass is 35.5. The van der Waals surface area contributed by atoms with Crippen LogP contribution in [0.3, 0.4) is 0 Å². The molecule has 4 nitrogen and oxygen atoms in total. The number of hydrogen-bond acceptors (Lipinski definition) is 2. The van der Waals surface area contributed by atoms with E-state index >= 15 is 0 Å². The Labute approximate surface area is 166 Å². The molecule has 0 aliphatic heterocycles. The number of nitrogens with one attached hydrogen (secondary N) is 1. The molecule has 27 heavy (non-hydrogen) atoms. The Kier molecular flexibility index (Phi) is 7.86. The summed E-state index contributed by atoms with van der Waals surface area (Å²) in [7, 11) is 0. The van der Waals surface area contributed by atoms with Gasteiger partial charge in [-0.2, -0.15) is 0 Å². The van der Waals surface area contributed by atoms with E-state index in [4.69, 9.17) is 11.6 Å². The van der Waals surface area contributed by atoms with Crippen molar-refractivity contribution in [3.63, 3.8) is 0 Å². The lowest BCUT2D eigenvalue weighted by molar-refractivity contribution is -0.140. The quantitative estimate of drug-likeness (QED) is 0.741. The summed E-state index contributed by atoms with van der Waals surface area (Å²) in [6.07, 6.45) is 0.765. The Morgan fingerprint density at radius 2 is 1.78 bits per heavy atom. The molecule has 0 saturated heterocycles. The molecule has 0 spiro atoms. The zero-order chi connectivity index (χ0) is 19.8. The minimum Gasteiger partial charge on any atom is -0.355 e. The second-order valence-corrected chi connectivity index (χ2v) is 7.07. The van der Waals surface area contributed by atoms with E-state index in [0.717, 1.165) is 16.7 Å². The molecule has 0 radical (unpaired) electrons. The van der Waals surface area contributed by atoms with Crippen LogP contribution in [-0.2, 0) is 22.6 Å². The van der Waals surface area contributed by atoms with Crippen LogP contribution in [0.15, 0.2) is 48.5 Å². The molecule has 144 valence electrons. The van der Waals surface area contributed by atoms with Crippen molar-refractivity contribution in [2.24, 2.45) is 0 Å². The molecule has 0 aliphatic carbocycles. The summed E-state index contributed by atoms with van der Waals surface area (Å²) in [5.41, 5.74) is 3.00. The molecule has 1 N–H and O–H groups in total. The fraction of sp³-hybridized carbons (Fsp3) is 0.364. The number of amides is 2. The van der Waals surface area contributed by atoms with Crippen molar-refractivity contribution in [1.82, 2.24) is 10.2 Å². The third-order valence-corrected chi connectivity index (χ3v) is 4.69. The summed E-state index contributed by atoms with van der Waals surface area (Å²) in [5, 5.41) is 3.44. The topological polar surface area (TPSA) is 49.4 Å². The highest BCUT2D eigenvalue weighted by molar-refractivity contribution is 6.30. The summed E-state index contributed by atoms with van der Waals surface area (Å²) in [5.74, 6) is -0.206. The molecule has 2 amide bonds. The van der Waals surface area contributed by atoms with Gasteiger partial charge in [0.1, 0.15) is 6.04 Å². The maximum Gasteiger partial charge on any atom is 0.242 e. The molecule has 0 bridgehead atoms. The fourth-order valence-corrected chi connectivity index (χ4v) is 3.24. The van der Waals surface area contributed by atoms with Crippen LogP contribution in [0.25, 0.3) is 0 Å². The van der Waals surface area contributed by atoms with Gasteiger partial charge in [-0.25, -0.2) is 0 Å². The Morgan fingerprint density at radius 1 is 1.07 bits per heavy atom. The third kappa shape index (κ3) is 6.10. The molecule has 0 unspecified atom stereocenters. The molecule has 0 aromatic heterocycles. The van der Waals surface area contributed by atoms with Crippen LogP contribution in [0.5, 0.6) is 0 Å². The van der Waals surface area contributed by atoms with Crippen molar-refractivity contribution in [3.8, 4) is 0 Å². The van der Waals surface area contributed by atoms with Crippen LogP contribution in [-0.4, -0.2) is 29.3 Å². The SMILES string of the molecule is CCNC(=O)[C@@H](CC)N(Cc1ccc(C)cc1)C(=O)Cc1cccc(Cl)c1. The van der Waals surface area contributed by atoms with Crippen LogP contribution in [0, 0.1) is 6.92 Å². The Morgan fingerprint density at radius 3 is 2.37 bits per heavy atom. The van der Waals surface area contributed by atoms with Crippen molar-refractivity contribution < 1.29 is 9.59 Å². The number of carbonyl (C=O) groups excluding carboxylic acids is 2. The first-order chi connectivity index (χ1) is 12.9. The number of rotatable bonds is 8. The predicted octanol–water partition coefficient (Wildman–Crippen LogP) is 4.13. The summed E-state index contributed by atoms with van der Waals surface area (Å²) in [4.78, 5) is 27.3. The number of benzene rings is 2. The van der Waals surface area contributed by atoms with Gasteiger partial charge < -0.3 is 10.2 Å². The van der Waals surface area contributed by atoms with E-state index in [2.05, 4.69) is 5.32 Å². The lowest BCUT2D eigenvalue weighted by Crippen LogP contribution is -2.49. The van der Waals surface area contributed by atoms with E-state index in [9.17, 15) is 9.59 Å². The van der Waals surface area contributed by atoms with E-state index in [1.165, 1.54) is 0 Å². The van der Waals surface area contributed by atoms with Crippen molar-refractivity contribution in [3.05, 3.63) is 70.2 Å². The molecule has 5 heteroatoms. The standard InChI is InChI=1S/C22H27ClN2O2/c1-4-20(22(27)24-5-2)25(15-17-11-9-16(3)10-12-17)21(26)14-18-7-6-8-19(23)13-18/h6-13,20H,4-5,14-15H2,1-3H3,(H,24,27)/t20-/m1/s1. The minimum absolute atomic E-state index is 0.0871. The molecule has 2 aromatic carbocycles. The molecule has 0 saturated carbocycles. The largest absolute Gasteiger partial charge is 0.355 e. The summed E-state index contributed by atoms with van der Waals surface area (Å²) < 4.78 is 0. The predicted molar refractivity (Wildman–Crippen MR) is 110 cm³/mol. The monoisotopic (exact) mass is 386 g/mol. The smallest absolute Gasteiger partial charge is 0.242 e. The zero-order valence-electron chi connectivity index (χ0n) is 16.2. The second-order valence-electron chi connectivity index (χ2n) is 6.63. The highest BCUT2D eigenvalue weighted by Crippen LogP contribution is 2.17. The lowest BCUT2D eigenvalue weighted by atomic mass is 10.1. The number of nitrogens with zero attached hydrogens (tertiary/aromatic N) is 1. The van der Waals surface area contributed by atoms with Gasteiger partial charge in [-0.3, -0.25) is 9.59 Å². The van der Waals surface area contributed by atoms with Gasteiger partial charge in [0.2, 0.25) is 11.8 Å². The van der Waals surface area contributed by atoms with Gasteiger partial charge in [0.15, 0.2) is 0 Å². The maximum atomic E-state index is 13.1. The van der Waals surface area contributed by atoms with Crippen molar-refractivity contribution in [2.45, 2.75) is 46.2 Å². The van der Waals surface area contributed by atoms with Gasteiger partial charge >= 0.3 is 0 Å². The van der Waals surface area contributed by atoms with E-state index in [-0.39, 0.29) is 18.2 Å². The number of carbonyl (C=O) groups is 2. The number of hydrogen-bond donors (Lipinski definition) is 1. The number of likely N-dealkylation sites (N-methyl/N-ethyl adjacent to an activating group) is 1. The van der Waals surface area contributed by atoms with Crippen molar-refractivity contribution >= 4 is 23.4 Å². The van der Waals surface area contributed by atoms with E-state index in [1.54, 1.807) is 17.0 Å². The fourth-order valence-electron chi connectivity index (χ4n) is 3.02. The zero-order valence-corrected chi connectivity index (χ0v) is 16.9. The van der Waals surface area contributed by atoms with Gasteiger partial charge in [0.05, 0.1) is 6.42 Å². The molecule has 0 fully saturated rings. The van der Waals surface area contributed by atoms with Crippen LogP contribution in [0.4, 0.5) is 0 Å². The summed E-state index contributed by atoms with van der Waals surface area (Å²) in [6, 6.07) is 14.8. The summed E-state index contributed by atoms with van der Waals surface area (Å²) >= 11 is 6.04. The second kappa shape index (κ2) is 10.1. The van der Waals surface area contributed by atoms with Gasteiger partial charge in [0.25, 0.3) is 0 Å². The Balaban J connectivity index is 2.27. The first kappa shape index (κ1) is 21.0. The lowest BCUT2D eigenvalue weighted by Gasteiger charge is -2.30. The van der Waals surface area contributed by atoms with Crippen LogP contribution < -0.4 is 5.32 Å². The number of halogens is 1. The number of aryl methyl sites for hydroxylation is 1. The third-order valence-electron chi connectivity index (χ3n) is 4.45. The molecule has 1 atom stereocenters. The normalized spacial score (nSPS) is 11.7. The molecular formula is C22H27ClN2O2. The minimum atomic E-state index is -0.502. The van der Waals surface area contributed by atoms with E-state index in [0.29, 0.717) is 24.5 Å². The van der Waals surface area contributed by atoms with Gasteiger partial charge in [-0.1, -0.05) is 60.5 Å². The van der Waals surface area contributed by atoms with Crippen LogP contribution in [0.1, 0.15) is 37.0 Å². The molecule has 2 rings (SSSR count). The van der Waals surface area contributed by atoms with Gasteiger partial charge in [-0.05, 0) is 43.5 Å². The Bertz CT molecular complexity index is 774. The molecule has 0 aliphatic rings. The van der Waals surface area contributed by atoms with Crippen LogP contribution in [0.2, 0.25) is 5.02 Å². The molecular weight excluding hydrogens is 360 g/mol. The highest BCUT2D eigenvalue weighted by Gasteiger charge is 2.28. The summed E-state index contributed by atoms with van der Waals surface area (Å²) in [6.45, 7) is 6.76. The first-order valence-corrected chi connectivity index (χ1v) is 9.69. The molecule has 0 heterocycles. The van der Waals surface area contributed by atoms with Crippen molar-refractivity contribution in [1.29, 1.82) is 0 Å². The van der Waals surface area contributed by atoms with E-state index < -0.39 is 6.04 Å². The average molecular weight is 387 g/mol. The average Bonchev–Trinajstić information content (AvgIpc) is 2.63. The van der Waals surface area contributed by atoms with Crippen LogP contribution >= 0.6 is 11.6 Å². The van der Waals surface area contributed by atoms with Crippen molar-refractivity contribution in [2.75, 3.05) is 6.54 Å². The van der Waals surface area contributed by atoms with Gasteiger partial charge in [0, 0.05) is 18.1 Å². The van der Waals surface area contributed by atoms with E-state index in [1.807, 2.05) is 57.2 Å². The first-order valence-electron chi connectivity index (χ1n) is 9.31. The maximum absolute atomic E-state index is 13.1.